The molecule has 0 saturated carbocycles. The summed E-state index contributed by atoms with van der Waals surface area (Å²) in [6, 6.07) is 2.69. The molecule has 0 aliphatic rings. The predicted octanol–water partition coefficient (Wildman–Crippen LogP) is 1.69. The van der Waals surface area contributed by atoms with Gasteiger partial charge in [-0.3, -0.25) is 0 Å². The van der Waals surface area contributed by atoms with Crippen LogP contribution in [-0.4, -0.2) is 28.7 Å². The first-order valence-corrected chi connectivity index (χ1v) is 8.38. The Kier molecular flexibility index (Phi) is 7.24. The van der Waals surface area contributed by atoms with E-state index >= 15 is 0 Å². The van der Waals surface area contributed by atoms with Crippen molar-refractivity contribution in [2.75, 3.05) is 20.3 Å². The zero-order chi connectivity index (χ0) is 15.9. The van der Waals surface area contributed by atoms with E-state index in [1.165, 1.54) is 19.1 Å². The van der Waals surface area contributed by atoms with E-state index in [9.17, 15) is 12.8 Å². The van der Waals surface area contributed by atoms with Crippen molar-refractivity contribution in [1.82, 2.24) is 4.72 Å². The zero-order valence-electron chi connectivity index (χ0n) is 12.5. The normalized spacial score (nSPS) is 11.8. The smallest absolute Gasteiger partial charge is 0.240 e. The standard InChI is InChI=1S/C14H23FN2O3S/c1-11-13(15)8-12(10-16)9-14(11)21(18,19)17-6-4-3-5-7-20-2/h8-9,17H,3-7,10,16H2,1-2H3. The Balaban J connectivity index is 2.72. The molecule has 21 heavy (non-hydrogen) atoms. The Morgan fingerprint density at radius 3 is 2.62 bits per heavy atom. The van der Waals surface area contributed by atoms with Crippen molar-refractivity contribution >= 4 is 10.0 Å². The number of benzene rings is 1. The van der Waals surface area contributed by atoms with E-state index in [2.05, 4.69) is 4.72 Å². The SMILES string of the molecule is COCCCCCNS(=O)(=O)c1cc(CN)cc(F)c1C. The molecule has 0 amide bonds. The van der Waals surface area contributed by atoms with E-state index < -0.39 is 15.8 Å². The van der Waals surface area contributed by atoms with Crippen molar-refractivity contribution in [3.05, 3.63) is 29.1 Å². The molecular formula is C14H23FN2O3S. The lowest BCUT2D eigenvalue weighted by atomic mass is 10.1. The van der Waals surface area contributed by atoms with E-state index in [4.69, 9.17) is 10.5 Å². The molecule has 0 heterocycles. The molecule has 0 radical (unpaired) electrons. The van der Waals surface area contributed by atoms with Gasteiger partial charge in [-0.1, -0.05) is 0 Å². The average molecular weight is 318 g/mol. The number of rotatable bonds is 9. The Bertz CT molecular complexity index is 562. The van der Waals surface area contributed by atoms with Gasteiger partial charge in [0.05, 0.1) is 4.90 Å². The highest BCUT2D eigenvalue weighted by Gasteiger charge is 2.19. The molecule has 1 aromatic rings. The Hall–Kier alpha value is -1.02. The first-order valence-electron chi connectivity index (χ1n) is 6.90. The summed E-state index contributed by atoms with van der Waals surface area (Å²) >= 11 is 0. The van der Waals surface area contributed by atoms with Crippen LogP contribution in [0.1, 0.15) is 30.4 Å². The largest absolute Gasteiger partial charge is 0.385 e. The van der Waals surface area contributed by atoms with Crippen LogP contribution in [0, 0.1) is 12.7 Å². The third-order valence-corrected chi connectivity index (χ3v) is 4.79. The fraction of sp³-hybridized carbons (Fsp3) is 0.571. The number of nitrogens with one attached hydrogen (secondary N) is 1. The second kappa shape index (κ2) is 8.43. The second-order valence-electron chi connectivity index (χ2n) is 4.86. The Labute approximate surface area is 125 Å². The number of nitrogens with two attached hydrogens (primary N) is 1. The number of unbranched alkanes of at least 4 members (excludes halogenated alkanes) is 2. The monoisotopic (exact) mass is 318 g/mol. The van der Waals surface area contributed by atoms with Crippen molar-refractivity contribution in [2.45, 2.75) is 37.6 Å². The van der Waals surface area contributed by atoms with Crippen molar-refractivity contribution in [2.24, 2.45) is 5.73 Å². The maximum Gasteiger partial charge on any atom is 0.240 e. The number of ether oxygens (including phenoxy) is 1. The van der Waals surface area contributed by atoms with Gasteiger partial charge in [0.25, 0.3) is 0 Å². The van der Waals surface area contributed by atoms with E-state index in [1.54, 1.807) is 7.11 Å². The quantitative estimate of drug-likeness (QED) is 0.679. The number of halogens is 1. The summed E-state index contributed by atoms with van der Waals surface area (Å²) in [4.78, 5) is -0.0418. The molecule has 0 aliphatic heterocycles. The maximum absolute atomic E-state index is 13.7. The molecule has 0 fully saturated rings. The summed E-state index contributed by atoms with van der Waals surface area (Å²) in [5, 5.41) is 0. The first kappa shape index (κ1) is 18.0. The topological polar surface area (TPSA) is 81.4 Å². The van der Waals surface area contributed by atoms with Gasteiger partial charge < -0.3 is 10.5 Å². The van der Waals surface area contributed by atoms with Crippen LogP contribution in [-0.2, 0) is 21.3 Å². The summed E-state index contributed by atoms with van der Waals surface area (Å²) in [5.41, 5.74) is 6.02. The summed E-state index contributed by atoms with van der Waals surface area (Å²) in [7, 11) is -2.09. The van der Waals surface area contributed by atoms with Crippen LogP contribution < -0.4 is 10.5 Å². The number of hydrogen-bond acceptors (Lipinski definition) is 4. The molecular weight excluding hydrogens is 295 g/mol. The molecule has 0 spiro atoms. The summed E-state index contributed by atoms with van der Waals surface area (Å²) in [6.45, 7) is 2.52. The van der Waals surface area contributed by atoms with Gasteiger partial charge in [-0.2, -0.15) is 0 Å². The van der Waals surface area contributed by atoms with Gasteiger partial charge in [0.2, 0.25) is 10.0 Å². The van der Waals surface area contributed by atoms with E-state index in [-0.39, 0.29) is 17.0 Å². The predicted molar refractivity (Wildman–Crippen MR) is 79.9 cm³/mol. The summed E-state index contributed by atoms with van der Waals surface area (Å²) < 4.78 is 45.6. The molecule has 1 aromatic carbocycles. The van der Waals surface area contributed by atoms with Crippen LogP contribution >= 0.6 is 0 Å². The van der Waals surface area contributed by atoms with Gasteiger partial charge in [0.1, 0.15) is 5.82 Å². The first-order chi connectivity index (χ1) is 9.92. The van der Waals surface area contributed by atoms with Gasteiger partial charge in [0.15, 0.2) is 0 Å². The molecule has 0 unspecified atom stereocenters. The number of sulfonamides is 1. The lowest BCUT2D eigenvalue weighted by Crippen LogP contribution is -2.26. The second-order valence-corrected chi connectivity index (χ2v) is 6.59. The number of methoxy groups -OCH3 is 1. The highest BCUT2D eigenvalue weighted by molar-refractivity contribution is 7.89. The van der Waals surface area contributed by atoms with Gasteiger partial charge in [-0.25, -0.2) is 17.5 Å². The van der Waals surface area contributed by atoms with Crippen molar-refractivity contribution in [3.8, 4) is 0 Å². The fourth-order valence-electron chi connectivity index (χ4n) is 1.94. The maximum atomic E-state index is 13.7. The van der Waals surface area contributed by atoms with Crippen LogP contribution in [0.4, 0.5) is 4.39 Å². The Morgan fingerprint density at radius 1 is 1.29 bits per heavy atom. The molecule has 0 aromatic heterocycles. The zero-order valence-corrected chi connectivity index (χ0v) is 13.3. The van der Waals surface area contributed by atoms with E-state index in [0.717, 1.165) is 12.8 Å². The highest BCUT2D eigenvalue weighted by atomic mass is 32.2. The van der Waals surface area contributed by atoms with Crippen molar-refractivity contribution in [3.63, 3.8) is 0 Å². The molecule has 7 heteroatoms. The lowest BCUT2D eigenvalue weighted by molar-refractivity contribution is 0.192. The van der Waals surface area contributed by atoms with Crippen molar-refractivity contribution in [1.29, 1.82) is 0 Å². The van der Waals surface area contributed by atoms with Gasteiger partial charge in [0, 0.05) is 32.4 Å². The minimum atomic E-state index is -3.72. The molecule has 1 rings (SSSR count). The van der Waals surface area contributed by atoms with E-state index in [0.29, 0.717) is 25.1 Å². The molecule has 0 saturated heterocycles. The van der Waals surface area contributed by atoms with Gasteiger partial charge in [-0.15, -0.1) is 0 Å². The molecule has 0 aliphatic carbocycles. The molecule has 0 atom stereocenters. The highest BCUT2D eigenvalue weighted by Crippen LogP contribution is 2.20. The lowest BCUT2D eigenvalue weighted by Gasteiger charge is -2.11. The van der Waals surface area contributed by atoms with Gasteiger partial charge in [-0.05, 0) is 43.9 Å². The summed E-state index contributed by atoms with van der Waals surface area (Å²) in [6.07, 6.45) is 2.46. The third-order valence-electron chi connectivity index (χ3n) is 3.20. The number of hydrogen-bond donors (Lipinski definition) is 2. The summed E-state index contributed by atoms with van der Waals surface area (Å²) in [5.74, 6) is -0.557. The minimum absolute atomic E-state index is 0.0418. The van der Waals surface area contributed by atoms with Crippen LogP contribution in [0.25, 0.3) is 0 Å². The van der Waals surface area contributed by atoms with Crippen molar-refractivity contribution < 1.29 is 17.5 Å². The van der Waals surface area contributed by atoms with Gasteiger partial charge >= 0.3 is 0 Å². The van der Waals surface area contributed by atoms with E-state index in [1.807, 2.05) is 0 Å². The third kappa shape index (κ3) is 5.35. The molecule has 120 valence electrons. The fourth-order valence-corrected chi connectivity index (χ4v) is 3.31. The molecule has 3 N–H and O–H groups in total. The Morgan fingerprint density at radius 2 is 2.00 bits per heavy atom. The van der Waals surface area contributed by atoms with Crippen LogP contribution in [0.3, 0.4) is 0 Å². The minimum Gasteiger partial charge on any atom is -0.385 e. The average Bonchev–Trinajstić information content (AvgIpc) is 2.45. The molecule has 0 bridgehead atoms. The van der Waals surface area contributed by atoms with Crippen LogP contribution in [0.15, 0.2) is 17.0 Å². The molecule has 5 nitrogen and oxygen atoms in total. The van der Waals surface area contributed by atoms with Crippen LogP contribution in [0.2, 0.25) is 0 Å². The van der Waals surface area contributed by atoms with Crippen LogP contribution in [0.5, 0.6) is 0 Å².